The zero-order valence-corrected chi connectivity index (χ0v) is 12.8. The summed E-state index contributed by atoms with van der Waals surface area (Å²) in [6.45, 7) is 6.09. The van der Waals surface area contributed by atoms with Crippen molar-refractivity contribution in [1.82, 2.24) is 0 Å². The first-order valence-corrected chi connectivity index (χ1v) is 7.26. The third-order valence-corrected chi connectivity index (χ3v) is 3.52. The number of nitrogens with two attached hydrogens (primary N) is 1. The number of nitrogens with one attached hydrogen (secondary N) is 1. The Morgan fingerprint density at radius 1 is 1.05 bits per heavy atom. The first-order valence-electron chi connectivity index (χ1n) is 7.26. The first kappa shape index (κ1) is 13.7. The number of hydrogen-bond acceptors (Lipinski definition) is 1. The molecule has 2 aromatic carbocycles. The lowest BCUT2D eigenvalue weighted by molar-refractivity contribution is 0.583. The van der Waals surface area contributed by atoms with E-state index in [0.29, 0.717) is 5.96 Å². The van der Waals surface area contributed by atoms with Gasteiger partial charge in [0.2, 0.25) is 0 Å². The Balaban J connectivity index is 1.86. The predicted molar refractivity (Wildman–Crippen MR) is 89.7 cm³/mol. The number of guanidine groups is 1. The SMILES string of the molecule is CC(C)(C)N=C(N)Nc1ccc2c(c1)Cc1ccccc1-2. The number of rotatable bonds is 1. The fraction of sp³-hybridized carbons (Fsp3) is 0.278. The lowest BCUT2D eigenvalue weighted by Gasteiger charge is -2.15. The Labute approximate surface area is 125 Å². The van der Waals surface area contributed by atoms with Crippen LogP contribution in [0.3, 0.4) is 0 Å². The zero-order chi connectivity index (χ0) is 15.0. The maximum atomic E-state index is 5.96. The van der Waals surface area contributed by atoms with E-state index in [9.17, 15) is 0 Å². The van der Waals surface area contributed by atoms with Gasteiger partial charge in [0.1, 0.15) is 0 Å². The van der Waals surface area contributed by atoms with E-state index >= 15 is 0 Å². The Morgan fingerprint density at radius 2 is 1.76 bits per heavy atom. The minimum Gasteiger partial charge on any atom is -0.370 e. The topological polar surface area (TPSA) is 50.4 Å². The molecule has 0 saturated heterocycles. The summed E-state index contributed by atoms with van der Waals surface area (Å²) >= 11 is 0. The summed E-state index contributed by atoms with van der Waals surface area (Å²) in [6, 6.07) is 15.0. The van der Waals surface area contributed by atoms with E-state index in [1.54, 1.807) is 0 Å². The van der Waals surface area contributed by atoms with Crippen LogP contribution < -0.4 is 11.1 Å². The third kappa shape index (κ3) is 2.92. The van der Waals surface area contributed by atoms with E-state index < -0.39 is 0 Å². The van der Waals surface area contributed by atoms with Gasteiger partial charge < -0.3 is 11.1 Å². The minimum absolute atomic E-state index is 0.177. The van der Waals surface area contributed by atoms with Crippen LogP contribution in [0.25, 0.3) is 11.1 Å². The fourth-order valence-electron chi connectivity index (χ4n) is 2.76. The van der Waals surface area contributed by atoms with Crippen LogP contribution in [0.15, 0.2) is 47.5 Å². The van der Waals surface area contributed by atoms with Crippen molar-refractivity contribution in [2.75, 3.05) is 5.32 Å². The van der Waals surface area contributed by atoms with Crippen LogP contribution in [-0.2, 0) is 6.42 Å². The highest BCUT2D eigenvalue weighted by Crippen LogP contribution is 2.37. The van der Waals surface area contributed by atoms with Crippen LogP contribution in [0.4, 0.5) is 5.69 Å². The molecule has 108 valence electrons. The van der Waals surface area contributed by atoms with Gasteiger partial charge in [0, 0.05) is 5.69 Å². The molecule has 0 saturated carbocycles. The average molecular weight is 279 g/mol. The van der Waals surface area contributed by atoms with E-state index in [1.165, 1.54) is 22.3 Å². The Bertz CT molecular complexity index is 709. The van der Waals surface area contributed by atoms with Gasteiger partial charge in [-0.2, -0.15) is 0 Å². The highest BCUT2D eigenvalue weighted by Gasteiger charge is 2.18. The summed E-state index contributed by atoms with van der Waals surface area (Å²) in [5, 5.41) is 3.18. The number of nitrogens with zero attached hydrogens (tertiary/aromatic N) is 1. The molecule has 3 nitrogen and oxygen atoms in total. The van der Waals surface area contributed by atoms with Gasteiger partial charge >= 0.3 is 0 Å². The van der Waals surface area contributed by atoms with Gasteiger partial charge in [-0.1, -0.05) is 30.3 Å². The molecule has 0 spiro atoms. The summed E-state index contributed by atoms with van der Waals surface area (Å²) in [4.78, 5) is 4.42. The van der Waals surface area contributed by atoms with Gasteiger partial charge in [-0.3, -0.25) is 0 Å². The molecule has 2 aromatic rings. The molecule has 3 rings (SSSR count). The quantitative estimate of drug-likeness (QED) is 0.526. The van der Waals surface area contributed by atoms with Crippen molar-refractivity contribution in [1.29, 1.82) is 0 Å². The van der Waals surface area contributed by atoms with Crippen LogP contribution in [0.2, 0.25) is 0 Å². The molecule has 0 atom stereocenters. The Morgan fingerprint density at radius 3 is 2.52 bits per heavy atom. The molecule has 0 unspecified atom stereocenters. The second-order valence-electron chi connectivity index (χ2n) is 6.50. The molecule has 1 aliphatic carbocycles. The number of aliphatic imine (C=N–C) groups is 1. The van der Waals surface area contributed by atoms with E-state index in [-0.39, 0.29) is 5.54 Å². The number of anilines is 1. The summed E-state index contributed by atoms with van der Waals surface area (Å²) in [5.41, 5.74) is 12.2. The molecular formula is C18H21N3. The molecule has 21 heavy (non-hydrogen) atoms. The minimum atomic E-state index is -0.177. The van der Waals surface area contributed by atoms with Crippen LogP contribution in [0, 0.1) is 0 Å². The lowest BCUT2D eigenvalue weighted by Crippen LogP contribution is -2.27. The number of hydrogen-bond donors (Lipinski definition) is 2. The summed E-state index contributed by atoms with van der Waals surface area (Å²) in [7, 11) is 0. The average Bonchev–Trinajstić information content (AvgIpc) is 2.73. The molecule has 0 amide bonds. The number of fused-ring (bicyclic) bond motifs is 3. The van der Waals surface area contributed by atoms with Crippen molar-refractivity contribution in [2.24, 2.45) is 10.7 Å². The van der Waals surface area contributed by atoms with Crippen LogP contribution in [0.5, 0.6) is 0 Å². The van der Waals surface area contributed by atoms with Gasteiger partial charge in [-0.05, 0) is 61.6 Å². The van der Waals surface area contributed by atoms with E-state index in [1.807, 2.05) is 20.8 Å². The zero-order valence-electron chi connectivity index (χ0n) is 12.8. The van der Waals surface area contributed by atoms with Crippen LogP contribution in [0.1, 0.15) is 31.9 Å². The molecule has 3 N–H and O–H groups in total. The molecule has 0 fully saturated rings. The van der Waals surface area contributed by atoms with Crippen molar-refractivity contribution >= 4 is 11.6 Å². The third-order valence-electron chi connectivity index (χ3n) is 3.52. The molecule has 3 heteroatoms. The van der Waals surface area contributed by atoms with Crippen LogP contribution in [-0.4, -0.2) is 11.5 Å². The highest BCUT2D eigenvalue weighted by atomic mass is 15.1. The Hall–Kier alpha value is -2.29. The highest BCUT2D eigenvalue weighted by molar-refractivity contribution is 5.93. The molecule has 0 heterocycles. The lowest BCUT2D eigenvalue weighted by atomic mass is 10.1. The molecule has 0 aliphatic heterocycles. The van der Waals surface area contributed by atoms with Gasteiger partial charge in [-0.15, -0.1) is 0 Å². The molecular weight excluding hydrogens is 258 g/mol. The Kier molecular flexibility index (Phi) is 3.20. The monoisotopic (exact) mass is 279 g/mol. The standard InChI is InChI=1S/C18H21N3/c1-18(2,3)21-17(19)20-14-8-9-16-13(11-14)10-12-6-4-5-7-15(12)16/h4-9,11H,10H2,1-3H3,(H3,19,20,21). The molecule has 0 radical (unpaired) electrons. The van der Waals surface area contributed by atoms with Crippen molar-refractivity contribution < 1.29 is 0 Å². The second-order valence-corrected chi connectivity index (χ2v) is 6.50. The summed E-state index contributed by atoms with van der Waals surface area (Å²) in [6.07, 6.45) is 0.983. The predicted octanol–water partition coefficient (Wildman–Crippen LogP) is 3.78. The van der Waals surface area contributed by atoms with Crippen molar-refractivity contribution in [2.45, 2.75) is 32.7 Å². The molecule has 1 aliphatic rings. The summed E-state index contributed by atoms with van der Waals surface area (Å²) < 4.78 is 0. The smallest absolute Gasteiger partial charge is 0.193 e. The van der Waals surface area contributed by atoms with Gasteiger partial charge in [0.05, 0.1) is 5.54 Å². The van der Waals surface area contributed by atoms with Gasteiger partial charge in [0.15, 0.2) is 5.96 Å². The van der Waals surface area contributed by atoms with Crippen molar-refractivity contribution in [3.05, 3.63) is 53.6 Å². The van der Waals surface area contributed by atoms with E-state index in [0.717, 1.165) is 12.1 Å². The largest absolute Gasteiger partial charge is 0.370 e. The normalized spacial score (nSPS) is 13.8. The first-order chi connectivity index (χ1) is 9.92. The second kappa shape index (κ2) is 4.92. The summed E-state index contributed by atoms with van der Waals surface area (Å²) in [5.74, 6) is 0.456. The van der Waals surface area contributed by atoms with E-state index in [2.05, 4.69) is 52.8 Å². The fourth-order valence-corrected chi connectivity index (χ4v) is 2.76. The molecule has 0 bridgehead atoms. The van der Waals surface area contributed by atoms with Crippen molar-refractivity contribution in [3.63, 3.8) is 0 Å². The van der Waals surface area contributed by atoms with Crippen molar-refractivity contribution in [3.8, 4) is 11.1 Å². The number of benzene rings is 2. The maximum Gasteiger partial charge on any atom is 0.193 e. The maximum absolute atomic E-state index is 5.96. The van der Waals surface area contributed by atoms with E-state index in [4.69, 9.17) is 5.73 Å². The van der Waals surface area contributed by atoms with Gasteiger partial charge in [-0.25, -0.2) is 4.99 Å². The molecule has 0 aromatic heterocycles. The van der Waals surface area contributed by atoms with Crippen LogP contribution >= 0.6 is 0 Å². The van der Waals surface area contributed by atoms with Gasteiger partial charge in [0.25, 0.3) is 0 Å².